The smallest absolute Gasteiger partial charge is 0.263 e. The Morgan fingerprint density at radius 2 is 2.07 bits per heavy atom. The highest BCUT2D eigenvalue weighted by atomic mass is 16.6. The number of aromatic nitrogens is 4. The molecule has 1 aromatic carbocycles. The summed E-state index contributed by atoms with van der Waals surface area (Å²) < 4.78 is 18.1. The molecule has 1 amide bonds. The molecule has 0 radical (unpaired) electrons. The van der Waals surface area contributed by atoms with E-state index in [1.807, 2.05) is 18.2 Å². The summed E-state index contributed by atoms with van der Waals surface area (Å²) in [5.74, 6) is 0.383. The molecular weight excluding hydrogens is 394 g/mol. The van der Waals surface area contributed by atoms with E-state index in [9.17, 15) is 15.0 Å². The van der Waals surface area contributed by atoms with Crippen molar-refractivity contribution in [3.05, 3.63) is 43.0 Å². The van der Waals surface area contributed by atoms with Crippen molar-refractivity contribution in [2.45, 2.75) is 24.5 Å². The van der Waals surface area contributed by atoms with Crippen molar-refractivity contribution in [3.8, 4) is 5.75 Å². The third-order valence-electron chi connectivity index (χ3n) is 4.77. The first kappa shape index (κ1) is 20.2. The second-order valence-electron chi connectivity index (χ2n) is 6.63. The number of amides is 1. The normalized spacial score (nSPS) is 23.6. The van der Waals surface area contributed by atoms with E-state index in [-0.39, 0.29) is 19.0 Å². The molecule has 0 saturated carbocycles. The van der Waals surface area contributed by atoms with Crippen LogP contribution in [0.25, 0.3) is 11.2 Å². The SMILES string of the molecule is COC1C(O)C(CO)OC1n1cnc2c(NC(=O)COc3ccccc3)ncnc21. The van der Waals surface area contributed by atoms with Crippen molar-refractivity contribution in [3.63, 3.8) is 0 Å². The van der Waals surface area contributed by atoms with Gasteiger partial charge in [-0.15, -0.1) is 0 Å². The second-order valence-corrected chi connectivity index (χ2v) is 6.63. The molecule has 4 unspecified atom stereocenters. The van der Waals surface area contributed by atoms with Gasteiger partial charge in [-0.1, -0.05) is 18.2 Å². The summed E-state index contributed by atoms with van der Waals surface area (Å²) >= 11 is 0. The number of para-hydroxylation sites is 1. The lowest BCUT2D eigenvalue weighted by molar-refractivity contribution is -0.118. The van der Waals surface area contributed by atoms with E-state index in [2.05, 4.69) is 20.3 Å². The van der Waals surface area contributed by atoms with Crippen molar-refractivity contribution in [1.29, 1.82) is 0 Å². The lowest BCUT2D eigenvalue weighted by atomic mass is 10.1. The number of fused-ring (bicyclic) bond motifs is 1. The summed E-state index contributed by atoms with van der Waals surface area (Å²) in [5.41, 5.74) is 0.716. The quantitative estimate of drug-likeness (QED) is 0.490. The van der Waals surface area contributed by atoms with Crippen molar-refractivity contribution < 1.29 is 29.2 Å². The number of carbonyl (C=O) groups excluding carboxylic acids is 1. The van der Waals surface area contributed by atoms with Gasteiger partial charge in [-0.25, -0.2) is 15.0 Å². The van der Waals surface area contributed by atoms with Crippen molar-refractivity contribution >= 4 is 22.9 Å². The Hall–Kier alpha value is -3.12. The molecule has 4 atom stereocenters. The third-order valence-corrected chi connectivity index (χ3v) is 4.77. The molecule has 30 heavy (non-hydrogen) atoms. The summed E-state index contributed by atoms with van der Waals surface area (Å²) in [5, 5.41) is 22.3. The fourth-order valence-corrected chi connectivity index (χ4v) is 3.31. The monoisotopic (exact) mass is 415 g/mol. The van der Waals surface area contributed by atoms with Gasteiger partial charge < -0.3 is 29.7 Å². The van der Waals surface area contributed by atoms with Gasteiger partial charge in [-0.05, 0) is 12.1 Å². The van der Waals surface area contributed by atoms with Gasteiger partial charge in [-0.3, -0.25) is 9.36 Å². The number of ether oxygens (including phenoxy) is 3. The van der Waals surface area contributed by atoms with Crippen LogP contribution < -0.4 is 10.1 Å². The number of anilines is 1. The predicted octanol–water partition coefficient (Wildman–Crippen LogP) is 0.109. The van der Waals surface area contributed by atoms with E-state index < -0.39 is 30.4 Å². The first-order chi connectivity index (χ1) is 14.6. The molecule has 3 aromatic rings. The highest BCUT2D eigenvalue weighted by molar-refractivity contribution is 5.97. The summed E-state index contributed by atoms with van der Waals surface area (Å²) in [6.45, 7) is -0.556. The van der Waals surface area contributed by atoms with Gasteiger partial charge in [0, 0.05) is 7.11 Å². The number of benzene rings is 1. The molecule has 0 aliphatic carbocycles. The molecule has 3 heterocycles. The summed E-state index contributed by atoms with van der Waals surface area (Å²) in [6.07, 6.45) is -0.560. The summed E-state index contributed by atoms with van der Waals surface area (Å²) in [4.78, 5) is 24.9. The van der Waals surface area contributed by atoms with Crippen LogP contribution in [-0.2, 0) is 14.3 Å². The summed E-state index contributed by atoms with van der Waals surface area (Å²) in [6, 6.07) is 8.97. The highest BCUT2D eigenvalue weighted by Gasteiger charge is 2.45. The average Bonchev–Trinajstić information content (AvgIpc) is 3.34. The van der Waals surface area contributed by atoms with Crippen molar-refractivity contribution in [2.24, 2.45) is 0 Å². The van der Waals surface area contributed by atoms with Crippen LogP contribution in [0.5, 0.6) is 5.75 Å². The minimum Gasteiger partial charge on any atom is -0.484 e. The minimum atomic E-state index is -1.02. The third kappa shape index (κ3) is 3.83. The lowest BCUT2D eigenvalue weighted by Gasteiger charge is -2.19. The standard InChI is InChI=1S/C19H21N5O6/c1-28-16-15(27)12(7-25)30-19(16)24-10-22-14-17(20-9-21-18(14)24)23-13(26)8-29-11-5-3-2-4-6-11/h2-6,9-10,12,15-16,19,25,27H,7-8H2,1H3,(H,20,21,23,26). The maximum absolute atomic E-state index is 12.3. The number of aliphatic hydroxyl groups is 2. The van der Waals surface area contributed by atoms with Gasteiger partial charge in [0.15, 0.2) is 29.8 Å². The van der Waals surface area contributed by atoms with Crippen LogP contribution in [-0.4, -0.2) is 74.3 Å². The number of imidazole rings is 1. The van der Waals surface area contributed by atoms with Gasteiger partial charge in [0.25, 0.3) is 5.91 Å². The van der Waals surface area contributed by atoms with E-state index in [1.54, 1.807) is 16.7 Å². The number of aliphatic hydroxyl groups excluding tert-OH is 2. The van der Waals surface area contributed by atoms with E-state index in [4.69, 9.17) is 14.2 Å². The van der Waals surface area contributed by atoms with Crippen molar-refractivity contribution in [2.75, 3.05) is 25.6 Å². The van der Waals surface area contributed by atoms with Gasteiger partial charge in [0.2, 0.25) is 0 Å². The van der Waals surface area contributed by atoms with Crippen LogP contribution >= 0.6 is 0 Å². The van der Waals surface area contributed by atoms with E-state index in [0.29, 0.717) is 16.9 Å². The zero-order valence-electron chi connectivity index (χ0n) is 16.1. The van der Waals surface area contributed by atoms with Gasteiger partial charge in [0.05, 0.1) is 12.9 Å². The van der Waals surface area contributed by atoms with E-state index in [0.717, 1.165) is 0 Å². The average molecular weight is 415 g/mol. The molecule has 0 spiro atoms. The molecule has 158 valence electrons. The Morgan fingerprint density at radius 1 is 1.27 bits per heavy atom. The lowest BCUT2D eigenvalue weighted by Crippen LogP contribution is -2.34. The Kier molecular flexibility index (Phi) is 5.86. The number of nitrogens with one attached hydrogen (secondary N) is 1. The van der Waals surface area contributed by atoms with Gasteiger partial charge in [0.1, 0.15) is 30.4 Å². The molecule has 11 nitrogen and oxygen atoms in total. The molecule has 0 bridgehead atoms. The summed E-state index contributed by atoms with van der Waals surface area (Å²) in [7, 11) is 1.44. The largest absolute Gasteiger partial charge is 0.484 e. The van der Waals surface area contributed by atoms with E-state index in [1.165, 1.54) is 19.8 Å². The van der Waals surface area contributed by atoms with Gasteiger partial charge in [-0.2, -0.15) is 0 Å². The molecule has 2 aromatic heterocycles. The Morgan fingerprint density at radius 3 is 2.80 bits per heavy atom. The molecule has 1 saturated heterocycles. The first-order valence-corrected chi connectivity index (χ1v) is 9.24. The molecule has 1 aliphatic heterocycles. The van der Waals surface area contributed by atoms with Crippen LogP contribution in [0.2, 0.25) is 0 Å². The highest BCUT2D eigenvalue weighted by Crippen LogP contribution is 2.33. The second kappa shape index (κ2) is 8.71. The van der Waals surface area contributed by atoms with Crippen LogP contribution in [0.15, 0.2) is 43.0 Å². The number of carbonyl (C=O) groups is 1. The Balaban J connectivity index is 1.53. The number of methoxy groups -OCH3 is 1. The predicted molar refractivity (Wildman–Crippen MR) is 104 cm³/mol. The number of rotatable bonds is 7. The maximum atomic E-state index is 12.3. The molecule has 3 N–H and O–H groups in total. The first-order valence-electron chi connectivity index (χ1n) is 9.24. The Bertz CT molecular complexity index is 1010. The number of hydrogen-bond acceptors (Lipinski definition) is 9. The van der Waals surface area contributed by atoms with Crippen LogP contribution in [0.3, 0.4) is 0 Å². The van der Waals surface area contributed by atoms with Crippen LogP contribution in [0.1, 0.15) is 6.23 Å². The molecular formula is C19H21N5O6. The molecule has 1 aliphatic rings. The zero-order chi connectivity index (χ0) is 21.1. The fourth-order valence-electron chi connectivity index (χ4n) is 3.31. The van der Waals surface area contributed by atoms with Crippen molar-refractivity contribution in [1.82, 2.24) is 19.5 Å². The number of nitrogens with zero attached hydrogens (tertiary/aromatic N) is 4. The van der Waals surface area contributed by atoms with E-state index >= 15 is 0 Å². The molecule has 1 fully saturated rings. The van der Waals surface area contributed by atoms with Crippen LogP contribution in [0.4, 0.5) is 5.82 Å². The Labute approximate surface area is 171 Å². The maximum Gasteiger partial charge on any atom is 0.263 e. The molecule has 4 rings (SSSR count). The number of hydrogen-bond donors (Lipinski definition) is 3. The molecule has 11 heteroatoms. The van der Waals surface area contributed by atoms with Crippen LogP contribution in [0, 0.1) is 0 Å². The minimum absolute atomic E-state index is 0.196. The topological polar surface area (TPSA) is 141 Å². The van der Waals surface area contributed by atoms with Gasteiger partial charge >= 0.3 is 0 Å². The fraction of sp³-hybridized carbons (Fsp3) is 0.368. The zero-order valence-corrected chi connectivity index (χ0v) is 16.1.